The molecule has 7 aliphatic rings. The first-order chi connectivity index (χ1) is 23.6. The van der Waals surface area contributed by atoms with Crippen LogP contribution in [0.2, 0.25) is 0 Å². The molecule has 0 aromatic heterocycles. The van der Waals surface area contributed by atoms with Gasteiger partial charge in [0.05, 0.1) is 30.9 Å². The summed E-state index contributed by atoms with van der Waals surface area (Å²) in [6.45, 7) is 15.1. The van der Waals surface area contributed by atoms with Crippen LogP contribution < -0.4 is 5.32 Å². The molecular weight excluding hydrogens is 663 g/mol. The SMILES string of the molecule is CC(C)[C@@H](OC(=O)N(C)C)C1C[C@@H](C)[C@H]2C(O1)[C@H](O)[C@@]1(C)C3CC[C@H]4C(C)(C)[C@@H](OC(=O)NC5CN(CC(F)(F)F)C5)CCC45C[C@@]35CC[C@]21C. The largest absolute Gasteiger partial charge is 0.446 e. The van der Waals surface area contributed by atoms with Crippen molar-refractivity contribution in [2.75, 3.05) is 33.7 Å². The Balaban J connectivity index is 1.06. The Labute approximate surface area is 302 Å². The van der Waals surface area contributed by atoms with Gasteiger partial charge in [-0.05, 0) is 97.2 Å². The summed E-state index contributed by atoms with van der Waals surface area (Å²) in [5.41, 5.74) is -0.380. The molecule has 5 aliphatic carbocycles. The first kappa shape index (κ1) is 37.5. The molecular formula is C39H62F3N3O6. The summed E-state index contributed by atoms with van der Waals surface area (Å²) in [5, 5.41) is 15.4. The molecule has 0 aromatic carbocycles. The summed E-state index contributed by atoms with van der Waals surface area (Å²) >= 11 is 0. The molecule has 2 amide bonds. The van der Waals surface area contributed by atoms with Crippen molar-refractivity contribution < 1.29 is 42.1 Å². The van der Waals surface area contributed by atoms with Gasteiger partial charge in [-0.2, -0.15) is 13.2 Å². The van der Waals surface area contributed by atoms with Gasteiger partial charge in [0.1, 0.15) is 12.2 Å². The average Bonchev–Trinajstić information content (AvgIpc) is 3.64. The predicted octanol–water partition coefficient (Wildman–Crippen LogP) is 6.86. The molecule has 5 saturated carbocycles. The van der Waals surface area contributed by atoms with Crippen molar-refractivity contribution in [3.63, 3.8) is 0 Å². The number of aliphatic hydroxyl groups is 1. The monoisotopic (exact) mass is 725 g/mol. The summed E-state index contributed by atoms with van der Waals surface area (Å²) < 4.78 is 57.2. The maximum absolute atomic E-state index is 13.0. The maximum Gasteiger partial charge on any atom is 0.409 e. The molecule has 2 aliphatic heterocycles. The van der Waals surface area contributed by atoms with Gasteiger partial charge in [0, 0.05) is 38.0 Å². The van der Waals surface area contributed by atoms with Gasteiger partial charge in [0.25, 0.3) is 0 Å². The van der Waals surface area contributed by atoms with Crippen molar-refractivity contribution in [3.05, 3.63) is 0 Å². The second-order valence-corrected chi connectivity index (χ2v) is 19.6. The normalized spacial score (nSPS) is 46.3. The minimum absolute atomic E-state index is 0.0693. The number of carbonyl (C=O) groups is 2. The van der Waals surface area contributed by atoms with Gasteiger partial charge >= 0.3 is 18.4 Å². The summed E-state index contributed by atoms with van der Waals surface area (Å²) in [4.78, 5) is 28.4. The molecule has 0 bridgehead atoms. The van der Waals surface area contributed by atoms with E-state index in [0.717, 1.165) is 51.4 Å². The van der Waals surface area contributed by atoms with Crippen LogP contribution in [-0.4, -0.2) is 104 Å². The highest BCUT2D eigenvalue weighted by atomic mass is 19.4. The maximum atomic E-state index is 13.0. The van der Waals surface area contributed by atoms with Crippen molar-refractivity contribution in [1.29, 1.82) is 0 Å². The number of carbonyl (C=O) groups excluding carboxylic acids is 2. The van der Waals surface area contributed by atoms with Gasteiger partial charge in [-0.1, -0.05) is 48.5 Å². The van der Waals surface area contributed by atoms with E-state index in [-0.39, 0.29) is 82.4 Å². The van der Waals surface area contributed by atoms with E-state index in [1.54, 1.807) is 14.1 Å². The van der Waals surface area contributed by atoms with Crippen LogP contribution in [-0.2, 0) is 14.2 Å². The Morgan fingerprint density at radius 1 is 1.02 bits per heavy atom. The van der Waals surface area contributed by atoms with Crippen molar-refractivity contribution in [1.82, 2.24) is 15.1 Å². The molecule has 290 valence electrons. The third-order valence-corrected chi connectivity index (χ3v) is 16.3. The number of halogens is 3. The second kappa shape index (κ2) is 12.1. The molecule has 12 heteroatoms. The lowest BCUT2D eigenvalue weighted by Crippen LogP contribution is -2.62. The number of fused-ring (bicyclic) bond motifs is 4. The fourth-order valence-corrected chi connectivity index (χ4v) is 14.0. The van der Waals surface area contributed by atoms with E-state index >= 15 is 0 Å². The van der Waals surface area contributed by atoms with Gasteiger partial charge < -0.3 is 29.5 Å². The molecule has 0 aromatic rings. The molecule has 51 heavy (non-hydrogen) atoms. The van der Waals surface area contributed by atoms with Gasteiger partial charge in [0.15, 0.2) is 0 Å². The number of hydrogen-bond donors (Lipinski definition) is 2. The minimum atomic E-state index is -4.24. The van der Waals surface area contributed by atoms with Crippen LogP contribution >= 0.6 is 0 Å². The zero-order valence-electron chi connectivity index (χ0n) is 32.1. The highest BCUT2D eigenvalue weighted by Crippen LogP contribution is 2.89. The second-order valence-electron chi connectivity index (χ2n) is 19.6. The van der Waals surface area contributed by atoms with Gasteiger partial charge in [-0.15, -0.1) is 0 Å². The van der Waals surface area contributed by atoms with E-state index < -0.39 is 31.0 Å². The van der Waals surface area contributed by atoms with Gasteiger partial charge in [-0.3, -0.25) is 4.90 Å². The van der Waals surface area contributed by atoms with Crippen LogP contribution in [0.5, 0.6) is 0 Å². The molecule has 2 N–H and O–H groups in total. The lowest BCUT2D eigenvalue weighted by atomic mass is 9.41. The zero-order chi connectivity index (χ0) is 37.3. The fraction of sp³-hybridized carbons (Fsp3) is 0.949. The standard InChI is InChI=1S/C39H62F3N3O6/c1-21(2)29(51-33(48)44(8)9)24-16-22(3)28-30(49-24)31(46)36(7)26-11-10-25-34(4,5)27(12-13-37(25)19-38(26,37)15-14-35(28,36)6)50-32(47)43-23-17-45(18-23)20-39(40,41)42/h21-31,46H,10-20H2,1-9H3,(H,43,47)/t22-,24?,25+,26?,27+,28+,29-,30?,31+,35-,36-,37?,38+/m1/s1. The lowest BCUT2D eigenvalue weighted by Gasteiger charge is -2.63. The molecule has 2 spiro atoms. The predicted molar refractivity (Wildman–Crippen MR) is 185 cm³/mol. The van der Waals surface area contributed by atoms with E-state index in [1.807, 2.05) is 0 Å². The van der Waals surface area contributed by atoms with Crippen LogP contribution in [0.15, 0.2) is 0 Å². The first-order valence-corrected chi connectivity index (χ1v) is 19.6. The van der Waals surface area contributed by atoms with Gasteiger partial charge in [0.2, 0.25) is 0 Å². The number of aliphatic hydroxyl groups excluding tert-OH is 1. The number of amides is 2. The Morgan fingerprint density at radius 3 is 2.29 bits per heavy atom. The average molecular weight is 726 g/mol. The number of rotatable bonds is 6. The number of alkyl halides is 3. The highest BCUT2D eigenvalue weighted by Gasteiger charge is 2.84. The Kier molecular flexibility index (Phi) is 8.91. The van der Waals surface area contributed by atoms with Crippen LogP contribution in [0.4, 0.5) is 22.8 Å². The number of alkyl carbamates (subject to hydrolysis) is 1. The van der Waals surface area contributed by atoms with Crippen LogP contribution in [0.25, 0.3) is 0 Å². The summed E-state index contributed by atoms with van der Waals surface area (Å²) in [6, 6.07) is -0.329. The first-order valence-electron chi connectivity index (χ1n) is 19.6. The van der Waals surface area contributed by atoms with Crippen molar-refractivity contribution >= 4 is 12.2 Å². The van der Waals surface area contributed by atoms with Gasteiger partial charge in [-0.25, -0.2) is 9.59 Å². The summed E-state index contributed by atoms with van der Waals surface area (Å²) in [5.74, 6) is 1.33. The topological polar surface area (TPSA) is 101 Å². The van der Waals surface area contributed by atoms with Crippen LogP contribution in [0, 0.1) is 56.7 Å². The molecule has 2 saturated heterocycles. The molecule has 9 nitrogen and oxygen atoms in total. The molecule has 0 radical (unpaired) electrons. The Hall–Kier alpha value is -1.79. The smallest absolute Gasteiger partial charge is 0.409 e. The minimum Gasteiger partial charge on any atom is -0.446 e. The molecule has 4 unspecified atom stereocenters. The third kappa shape index (κ3) is 5.47. The quantitative estimate of drug-likeness (QED) is 0.309. The summed E-state index contributed by atoms with van der Waals surface area (Å²) in [6.07, 6.45) is 0.883. The van der Waals surface area contributed by atoms with Crippen LogP contribution in [0.1, 0.15) is 99.8 Å². The lowest BCUT2D eigenvalue weighted by molar-refractivity contribution is -0.185. The van der Waals surface area contributed by atoms with Crippen LogP contribution in [0.3, 0.4) is 0 Å². The number of nitrogens with one attached hydrogen (secondary N) is 1. The summed E-state index contributed by atoms with van der Waals surface area (Å²) in [7, 11) is 3.38. The van der Waals surface area contributed by atoms with Crippen molar-refractivity contribution in [2.45, 2.75) is 143 Å². The molecule has 2 heterocycles. The number of ether oxygens (including phenoxy) is 3. The van der Waals surface area contributed by atoms with Crippen molar-refractivity contribution in [3.8, 4) is 0 Å². The van der Waals surface area contributed by atoms with E-state index in [0.29, 0.717) is 17.8 Å². The van der Waals surface area contributed by atoms with E-state index in [4.69, 9.17) is 14.2 Å². The highest BCUT2D eigenvalue weighted by molar-refractivity contribution is 5.68. The number of likely N-dealkylation sites (tertiary alicyclic amines) is 1. The molecule has 13 atom stereocenters. The zero-order valence-corrected chi connectivity index (χ0v) is 32.1. The van der Waals surface area contributed by atoms with E-state index in [1.165, 1.54) is 9.80 Å². The molecule has 7 fully saturated rings. The fourth-order valence-electron chi connectivity index (χ4n) is 14.0. The van der Waals surface area contributed by atoms with E-state index in [9.17, 15) is 27.9 Å². The third-order valence-electron chi connectivity index (χ3n) is 16.3. The molecule has 7 rings (SSSR count). The van der Waals surface area contributed by atoms with E-state index in [2.05, 4.69) is 53.8 Å². The number of hydrogen-bond acceptors (Lipinski definition) is 7. The van der Waals surface area contributed by atoms with Crippen molar-refractivity contribution in [2.24, 2.45) is 56.7 Å². The Bertz CT molecular complexity index is 1390. The Morgan fingerprint density at radius 2 is 1.67 bits per heavy atom. The number of nitrogens with zero attached hydrogens (tertiary/aromatic N) is 2.